The van der Waals surface area contributed by atoms with E-state index in [1.807, 2.05) is 11.1 Å². The van der Waals surface area contributed by atoms with Crippen molar-refractivity contribution in [1.82, 2.24) is 0 Å². The van der Waals surface area contributed by atoms with Gasteiger partial charge in [-0.15, -0.1) is 0 Å². The third-order valence-corrected chi connectivity index (χ3v) is 8.01. The second-order valence-corrected chi connectivity index (χ2v) is 8.82. The summed E-state index contributed by atoms with van der Waals surface area (Å²) in [6.45, 7) is 0. The molecular weight excluding hydrogens is 264 g/mol. The first-order valence-corrected chi connectivity index (χ1v) is 9.78. The molecule has 19 heavy (non-hydrogen) atoms. The Morgan fingerprint density at radius 2 is 1.16 bits per heavy atom. The van der Waals surface area contributed by atoms with E-state index in [4.69, 9.17) is 0 Å². The fourth-order valence-electron chi connectivity index (χ4n) is 4.16. The van der Waals surface area contributed by atoms with Crippen LogP contribution in [0.15, 0.2) is 46.6 Å². The molecule has 2 unspecified atom stereocenters. The molecule has 1 heteroatoms. The summed E-state index contributed by atoms with van der Waals surface area (Å²) in [6, 6.07) is 0. The van der Waals surface area contributed by atoms with Crippen LogP contribution in [0, 0.1) is 0 Å². The monoisotopic (exact) mass is 286 g/mol. The molecule has 0 aromatic rings. The molecule has 0 radical (unpaired) electrons. The maximum atomic E-state index is 2.56. The van der Waals surface area contributed by atoms with Gasteiger partial charge in [-0.3, -0.25) is 0 Å². The van der Waals surface area contributed by atoms with E-state index >= 15 is 0 Å². The average Bonchev–Trinajstić information content (AvgIpc) is 3.05. The average molecular weight is 286 g/mol. The van der Waals surface area contributed by atoms with Crippen molar-refractivity contribution in [3.8, 4) is 0 Å². The summed E-state index contributed by atoms with van der Waals surface area (Å²) in [5.74, 6) is 0. The minimum absolute atomic E-state index is 0.0844. The van der Waals surface area contributed by atoms with E-state index in [9.17, 15) is 0 Å². The molecule has 0 aromatic heterocycles. The van der Waals surface area contributed by atoms with Gasteiger partial charge in [-0.05, 0) is 0 Å². The molecule has 0 heterocycles. The number of hydrogen-bond donors (Lipinski definition) is 0. The SMILES string of the molecule is C1=C[CH]([Ti][CH]2C=CC3=C2CCCC3)C2=C1CCCC2. The van der Waals surface area contributed by atoms with E-state index in [1.165, 1.54) is 51.4 Å². The molecular formula is C18H22Ti. The van der Waals surface area contributed by atoms with E-state index in [2.05, 4.69) is 24.3 Å². The van der Waals surface area contributed by atoms with Crippen LogP contribution in [0.25, 0.3) is 0 Å². The van der Waals surface area contributed by atoms with Crippen molar-refractivity contribution in [3.05, 3.63) is 46.6 Å². The molecule has 98 valence electrons. The fraction of sp³-hybridized carbons (Fsp3) is 0.556. The van der Waals surface area contributed by atoms with Crippen LogP contribution in [0.5, 0.6) is 0 Å². The molecule has 4 aliphatic carbocycles. The van der Waals surface area contributed by atoms with E-state index in [1.54, 1.807) is 11.1 Å². The first-order valence-electron chi connectivity index (χ1n) is 7.98. The van der Waals surface area contributed by atoms with Gasteiger partial charge in [0.1, 0.15) is 0 Å². The van der Waals surface area contributed by atoms with E-state index in [0.717, 1.165) is 8.45 Å². The van der Waals surface area contributed by atoms with E-state index < -0.39 is 0 Å². The molecule has 0 bridgehead atoms. The van der Waals surface area contributed by atoms with Gasteiger partial charge in [-0.2, -0.15) is 0 Å². The van der Waals surface area contributed by atoms with Gasteiger partial charge in [-0.25, -0.2) is 0 Å². The molecule has 0 saturated carbocycles. The third kappa shape index (κ3) is 2.28. The Morgan fingerprint density at radius 1 is 0.684 bits per heavy atom. The predicted octanol–water partition coefficient (Wildman–Crippen LogP) is 5.53. The molecule has 0 spiro atoms. The quantitative estimate of drug-likeness (QED) is 0.586. The van der Waals surface area contributed by atoms with Crippen LogP contribution in [-0.4, -0.2) is 0 Å². The van der Waals surface area contributed by atoms with Crippen LogP contribution in [-0.2, 0) is 19.2 Å². The summed E-state index contributed by atoms with van der Waals surface area (Å²) < 4.78 is 1.78. The van der Waals surface area contributed by atoms with Crippen molar-refractivity contribution in [2.45, 2.75) is 59.8 Å². The van der Waals surface area contributed by atoms with Crippen LogP contribution in [0.1, 0.15) is 51.4 Å². The Bertz CT molecular complexity index is 458. The summed E-state index contributed by atoms with van der Waals surface area (Å²) in [5, 5.41) is 0. The Balaban J connectivity index is 1.51. The Morgan fingerprint density at radius 3 is 1.68 bits per heavy atom. The molecule has 2 atom stereocenters. The number of hydrogen-bond acceptors (Lipinski definition) is 0. The van der Waals surface area contributed by atoms with Gasteiger partial charge < -0.3 is 0 Å². The fourth-order valence-corrected chi connectivity index (χ4v) is 7.07. The summed E-state index contributed by atoms with van der Waals surface area (Å²) in [4.78, 5) is 0. The van der Waals surface area contributed by atoms with Gasteiger partial charge in [0.2, 0.25) is 0 Å². The van der Waals surface area contributed by atoms with Gasteiger partial charge in [0.15, 0.2) is 0 Å². The molecule has 0 N–H and O–H groups in total. The maximum absolute atomic E-state index is 2.56. The van der Waals surface area contributed by atoms with Crippen molar-refractivity contribution in [2.24, 2.45) is 0 Å². The van der Waals surface area contributed by atoms with Gasteiger partial charge in [0, 0.05) is 0 Å². The van der Waals surface area contributed by atoms with Crippen LogP contribution in [0.2, 0.25) is 8.45 Å². The van der Waals surface area contributed by atoms with Crippen molar-refractivity contribution >= 4 is 0 Å². The Labute approximate surface area is 125 Å². The first kappa shape index (κ1) is 12.4. The van der Waals surface area contributed by atoms with Crippen LogP contribution < -0.4 is 0 Å². The summed E-state index contributed by atoms with van der Waals surface area (Å²) in [6.07, 6.45) is 21.3. The van der Waals surface area contributed by atoms with Crippen LogP contribution in [0.4, 0.5) is 0 Å². The summed E-state index contributed by atoms with van der Waals surface area (Å²) in [5.41, 5.74) is 7.15. The zero-order valence-electron chi connectivity index (χ0n) is 11.6. The molecule has 0 fully saturated rings. The molecule has 4 aliphatic rings. The second-order valence-electron chi connectivity index (χ2n) is 6.36. The summed E-state index contributed by atoms with van der Waals surface area (Å²) >= 11 is 0.0844. The van der Waals surface area contributed by atoms with Gasteiger partial charge in [-0.1, -0.05) is 0 Å². The van der Waals surface area contributed by atoms with Crippen LogP contribution in [0.3, 0.4) is 0 Å². The van der Waals surface area contributed by atoms with Crippen molar-refractivity contribution in [3.63, 3.8) is 0 Å². The van der Waals surface area contributed by atoms with Gasteiger partial charge >= 0.3 is 126 Å². The van der Waals surface area contributed by atoms with Gasteiger partial charge in [0.05, 0.1) is 0 Å². The predicted molar refractivity (Wildman–Crippen MR) is 76.8 cm³/mol. The third-order valence-electron chi connectivity index (χ3n) is 5.20. The van der Waals surface area contributed by atoms with Gasteiger partial charge in [0.25, 0.3) is 0 Å². The zero-order valence-corrected chi connectivity index (χ0v) is 13.2. The molecule has 0 aliphatic heterocycles. The minimum atomic E-state index is 0.0844. The molecule has 0 nitrogen and oxygen atoms in total. The normalized spacial score (nSPS) is 32.8. The molecule has 0 amide bonds. The zero-order chi connectivity index (χ0) is 12.7. The topological polar surface area (TPSA) is 0 Å². The Hall–Kier alpha value is -0.326. The van der Waals surface area contributed by atoms with E-state index in [-0.39, 0.29) is 19.2 Å². The van der Waals surface area contributed by atoms with Crippen molar-refractivity contribution in [2.75, 3.05) is 0 Å². The van der Waals surface area contributed by atoms with E-state index in [0.29, 0.717) is 0 Å². The van der Waals surface area contributed by atoms with Crippen molar-refractivity contribution in [1.29, 1.82) is 0 Å². The first-order chi connectivity index (χ1) is 9.42. The van der Waals surface area contributed by atoms with Crippen LogP contribution >= 0.6 is 0 Å². The standard InChI is InChI=1S/2C9H11.Ti/c2*1-2-5-9-7-3-6-8(9)4-1;/h2*3,6-7H,1-2,4-5H2;. The summed E-state index contributed by atoms with van der Waals surface area (Å²) in [7, 11) is 0. The molecule has 4 rings (SSSR count). The molecule has 0 aromatic carbocycles. The molecule has 0 saturated heterocycles. The van der Waals surface area contributed by atoms with Crippen molar-refractivity contribution < 1.29 is 19.2 Å². The number of rotatable bonds is 2. The Kier molecular flexibility index (Phi) is 3.41. The number of allylic oxidation sites excluding steroid dienone is 8. The second kappa shape index (κ2) is 5.22.